The van der Waals surface area contributed by atoms with Crippen LogP contribution in [-0.2, 0) is 17.1 Å². The number of phenols is 1. The first-order valence-electron chi connectivity index (χ1n) is 4.01. The fourth-order valence-corrected chi connectivity index (χ4v) is 1.51. The molecule has 0 aromatic heterocycles. The molecule has 0 heterocycles. The van der Waals surface area contributed by atoms with Crippen molar-refractivity contribution >= 4 is 15.9 Å². The van der Waals surface area contributed by atoms with Gasteiger partial charge in [0.05, 0.1) is 0 Å². The Bertz CT molecular complexity index is 297. The van der Waals surface area contributed by atoms with Crippen LogP contribution in [0, 0.1) is 6.92 Å². The van der Waals surface area contributed by atoms with E-state index in [1.807, 2.05) is 13.0 Å². The molecule has 0 amide bonds. The number of hydrogen-bond acceptors (Lipinski definition) is 1. The molecule has 0 saturated heterocycles. The van der Waals surface area contributed by atoms with Crippen LogP contribution in [0.1, 0.15) is 30.9 Å². The summed E-state index contributed by atoms with van der Waals surface area (Å²) in [6.45, 7) is 6.10. The van der Waals surface area contributed by atoms with Gasteiger partial charge in [-0.1, -0.05) is 29.8 Å². The minimum absolute atomic E-state index is 0. The fraction of sp³-hybridized carbons (Fsp3) is 0.400. The molecule has 0 aliphatic rings. The topological polar surface area (TPSA) is 20.2 Å². The minimum Gasteiger partial charge on any atom is -0.508 e. The summed E-state index contributed by atoms with van der Waals surface area (Å²) < 4.78 is 1.06. The van der Waals surface area contributed by atoms with Crippen LogP contribution < -0.4 is 0 Å². The van der Waals surface area contributed by atoms with Crippen molar-refractivity contribution in [3.8, 4) is 5.75 Å². The molecule has 0 aliphatic carbocycles. The zero-order valence-electron chi connectivity index (χ0n) is 7.91. The average Bonchev–Trinajstić information content (AvgIpc) is 1.96. The van der Waals surface area contributed by atoms with E-state index in [4.69, 9.17) is 0 Å². The molecule has 0 bridgehead atoms. The summed E-state index contributed by atoms with van der Waals surface area (Å²) in [4.78, 5) is 0. The molecule has 0 radical (unpaired) electrons. The summed E-state index contributed by atoms with van der Waals surface area (Å²) in [6, 6.07) is 3.77. The first kappa shape index (κ1) is 13.0. The number of rotatable bonds is 1. The largest absolute Gasteiger partial charge is 0.508 e. The van der Waals surface area contributed by atoms with E-state index in [0.717, 1.165) is 15.6 Å². The van der Waals surface area contributed by atoms with Crippen LogP contribution in [0.3, 0.4) is 0 Å². The molecule has 0 unspecified atom stereocenters. The van der Waals surface area contributed by atoms with E-state index in [1.54, 1.807) is 6.07 Å². The Morgan fingerprint density at radius 2 is 1.85 bits per heavy atom. The van der Waals surface area contributed by atoms with Gasteiger partial charge in [-0.25, -0.2) is 0 Å². The van der Waals surface area contributed by atoms with Gasteiger partial charge in [0.25, 0.3) is 0 Å². The van der Waals surface area contributed by atoms with Crippen LogP contribution >= 0.6 is 15.9 Å². The molecule has 1 nitrogen and oxygen atoms in total. The first-order valence-corrected chi connectivity index (χ1v) is 4.80. The minimum atomic E-state index is 0. The molecule has 1 rings (SSSR count). The number of phenolic OH excluding ortho intramolecular Hbond substituents is 1. The monoisotopic (exact) mass is 284 g/mol. The summed E-state index contributed by atoms with van der Waals surface area (Å²) in [6.07, 6.45) is 0. The normalized spacial score (nSPS) is 9.92. The van der Waals surface area contributed by atoms with Crippen LogP contribution in [0.4, 0.5) is 0 Å². The van der Waals surface area contributed by atoms with E-state index in [-0.39, 0.29) is 17.1 Å². The van der Waals surface area contributed by atoms with Crippen LogP contribution in [0.15, 0.2) is 16.6 Å². The van der Waals surface area contributed by atoms with Crippen molar-refractivity contribution in [2.45, 2.75) is 26.7 Å². The predicted octanol–water partition coefficient (Wildman–Crippen LogP) is 3.58. The van der Waals surface area contributed by atoms with Gasteiger partial charge in [-0.3, -0.25) is 0 Å². The van der Waals surface area contributed by atoms with Gasteiger partial charge in [0, 0.05) is 21.5 Å². The average molecular weight is 285 g/mol. The second-order valence-corrected chi connectivity index (χ2v) is 4.17. The zero-order valence-corrected chi connectivity index (χ0v) is 10.6. The standard InChI is InChI=1S/C10H13BrO.Fe/c1-6(2)8-5-9(11)7(3)4-10(8)12;/h4-6,12H,1-3H3;. The van der Waals surface area contributed by atoms with Crippen molar-refractivity contribution in [2.75, 3.05) is 0 Å². The number of aromatic hydroxyl groups is 1. The molecule has 3 heteroatoms. The number of halogens is 1. The third kappa shape index (κ3) is 3.01. The van der Waals surface area contributed by atoms with Gasteiger partial charge >= 0.3 is 0 Å². The van der Waals surface area contributed by atoms with E-state index >= 15 is 0 Å². The van der Waals surface area contributed by atoms with E-state index in [2.05, 4.69) is 29.8 Å². The molecule has 74 valence electrons. The SMILES string of the molecule is Cc1cc(O)c(C(C)C)cc1Br.[Fe]. The maximum atomic E-state index is 9.57. The summed E-state index contributed by atoms with van der Waals surface area (Å²) in [5, 5.41) is 9.57. The van der Waals surface area contributed by atoms with E-state index in [0.29, 0.717) is 11.7 Å². The molecule has 1 N–H and O–H groups in total. The van der Waals surface area contributed by atoms with Crippen molar-refractivity contribution in [3.05, 3.63) is 27.7 Å². The zero-order chi connectivity index (χ0) is 9.30. The van der Waals surface area contributed by atoms with Gasteiger partial charge in [-0.15, -0.1) is 0 Å². The van der Waals surface area contributed by atoms with Gasteiger partial charge in [-0.05, 0) is 36.1 Å². The maximum absolute atomic E-state index is 9.57. The van der Waals surface area contributed by atoms with Crippen LogP contribution in [0.2, 0.25) is 0 Å². The molecule has 0 atom stereocenters. The summed E-state index contributed by atoms with van der Waals surface area (Å²) in [7, 11) is 0. The first-order chi connectivity index (χ1) is 5.52. The summed E-state index contributed by atoms with van der Waals surface area (Å²) in [5.41, 5.74) is 2.06. The van der Waals surface area contributed by atoms with Crippen molar-refractivity contribution in [2.24, 2.45) is 0 Å². The third-order valence-electron chi connectivity index (χ3n) is 1.93. The van der Waals surface area contributed by atoms with Crippen LogP contribution in [-0.4, -0.2) is 5.11 Å². The molecular formula is C10H13BrFeO. The van der Waals surface area contributed by atoms with Crippen molar-refractivity contribution in [1.82, 2.24) is 0 Å². The molecule has 0 spiro atoms. The molecular weight excluding hydrogens is 272 g/mol. The van der Waals surface area contributed by atoms with Crippen LogP contribution in [0.5, 0.6) is 5.75 Å². The van der Waals surface area contributed by atoms with E-state index < -0.39 is 0 Å². The third-order valence-corrected chi connectivity index (χ3v) is 2.78. The fourth-order valence-electron chi connectivity index (χ4n) is 1.14. The predicted molar refractivity (Wildman–Crippen MR) is 54.6 cm³/mol. The van der Waals surface area contributed by atoms with Gasteiger partial charge in [0.2, 0.25) is 0 Å². The van der Waals surface area contributed by atoms with Crippen LogP contribution in [0.25, 0.3) is 0 Å². The second kappa shape index (κ2) is 5.04. The number of benzene rings is 1. The molecule has 1 aromatic rings. The van der Waals surface area contributed by atoms with Gasteiger partial charge in [0.15, 0.2) is 0 Å². The molecule has 13 heavy (non-hydrogen) atoms. The molecule has 0 aliphatic heterocycles. The Hall–Kier alpha value is 0.0195. The number of aryl methyl sites for hydroxylation is 1. The Labute approximate surface area is 98.1 Å². The van der Waals surface area contributed by atoms with Gasteiger partial charge < -0.3 is 5.11 Å². The smallest absolute Gasteiger partial charge is 0.119 e. The van der Waals surface area contributed by atoms with Gasteiger partial charge in [0.1, 0.15) is 5.75 Å². The van der Waals surface area contributed by atoms with Gasteiger partial charge in [-0.2, -0.15) is 0 Å². The molecule has 0 saturated carbocycles. The Kier molecular flexibility index (Phi) is 5.05. The van der Waals surface area contributed by atoms with Crippen molar-refractivity contribution in [3.63, 3.8) is 0 Å². The maximum Gasteiger partial charge on any atom is 0.119 e. The Balaban J connectivity index is 0.00000144. The Morgan fingerprint density at radius 1 is 1.31 bits per heavy atom. The van der Waals surface area contributed by atoms with E-state index in [1.165, 1.54) is 0 Å². The van der Waals surface area contributed by atoms with Crippen molar-refractivity contribution in [1.29, 1.82) is 0 Å². The van der Waals surface area contributed by atoms with E-state index in [9.17, 15) is 5.11 Å². The summed E-state index contributed by atoms with van der Waals surface area (Å²) in [5.74, 6) is 0.757. The van der Waals surface area contributed by atoms with Crippen molar-refractivity contribution < 1.29 is 22.2 Å². The molecule has 0 fully saturated rings. The summed E-state index contributed by atoms with van der Waals surface area (Å²) >= 11 is 3.44. The second-order valence-electron chi connectivity index (χ2n) is 3.31. The quantitative estimate of drug-likeness (QED) is 0.782. The Morgan fingerprint density at radius 3 is 2.31 bits per heavy atom. The molecule has 1 aromatic carbocycles. The number of hydrogen-bond donors (Lipinski definition) is 1.